The quantitative estimate of drug-likeness (QED) is 0.170. The summed E-state index contributed by atoms with van der Waals surface area (Å²) in [6.07, 6.45) is 0. The van der Waals surface area contributed by atoms with Crippen LogP contribution in [-0.4, -0.2) is 0 Å². The van der Waals surface area contributed by atoms with Gasteiger partial charge in [0, 0.05) is 42.2 Å². The van der Waals surface area contributed by atoms with Gasteiger partial charge in [-0.3, -0.25) is 0 Å². The first-order valence-electron chi connectivity index (χ1n) is 18.7. The molecule has 0 saturated carbocycles. The Bertz CT molecular complexity index is 3200. The number of thiophene rings is 1. The molecule has 55 heavy (non-hydrogen) atoms. The lowest BCUT2D eigenvalue weighted by Crippen LogP contribution is -2.11. The third kappa shape index (κ3) is 5.24. The number of fused-ring (bicyclic) bond motifs is 7. The second-order valence-corrected chi connectivity index (χ2v) is 15.1. The molecule has 9 aromatic carbocycles. The molecule has 0 atom stereocenters. The molecule has 0 unspecified atom stereocenters. The van der Waals surface area contributed by atoms with Crippen LogP contribution in [0.4, 0.5) is 17.1 Å². The van der Waals surface area contributed by atoms with Gasteiger partial charge in [-0.25, -0.2) is 0 Å². The van der Waals surface area contributed by atoms with Gasteiger partial charge in [-0.15, -0.1) is 11.3 Å². The van der Waals surface area contributed by atoms with Crippen molar-refractivity contribution < 1.29 is 4.42 Å². The number of hydrogen-bond donors (Lipinski definition) is 0. The van der Waals surface area contributed by atoms with Crippen LogP contribution in [0.2, 0.25) is 0 Å². The van der Waals surface area contributed by atoms with E-state index >= 15 is 0 Å². The largest absolute Gasteiger partial charge is 0.455 e. The molecule has 0 aliphatic rings. The molecule has 11 rings (SSSR count). The van der Waals surface area contributed by atoms with Crippen molar-refractivity contribution in [1.29, 1.82) is 0 Å². The van der Waals surface area contributed by atoms with E-state index < -0.39 is 0 Å². The Kier molecular flexibility index (Phi) is 7.39. The molecule has 0 aliphatic heterocycles. The summed E-state index contributed by atoms with van der Waals surface area (Å²) in [6, 6.07) is 72.1. The van der Waals surface area contributed by atoms with Crippen molar-refractivity contribution in [1.82, 2.24) is 0 Å². The summed E-state index contributed by atoms with van der Waals surface area (Å²) in [6.45, 7) is 0. The minimum atomic E-state index is 0.875. The third-order valence-electron chi connectivity index (χ3n) is 10.9. The molecular weight excluding hydrogens is 687 g/mol. The van der Waals surface area contributed by atoms with Gasteiger partial charge in [0.25, 0.3) is 0 Å². The van der Waals surface area contributed by atoms with E-state index in [2.05, 4.69) is 205 Å². The Labute approximate surface area is 322 Å². The Morgan fingerprint density at radius 2 is 0.982 bits per heavy atom. The lowest BCUT2D eigenvalue weighted by atomic mass is 9.95. The second-order valence-electron chi connectivity index (χ2n) is 14.0. The molecular formula is C52H33NOS. The Balaban J connectivity index is 1.20. The zero-order valence-electron chi connectivity index (χ0n) is 29.8. The zero-order valence-corrected chi connectivity index (χ0v) is 30.6. The fourth-order valence-electron chi connectivity index (χ4n) is 8.31. The first-order valence-corrected chi connectivity index (χ1v) is 19.5. The number of para-hydroxylation sites is 1. The van der Waals surface area contributed by atoms with Gasteiger partial charge in [-0.1, -0.05) is 152 Å². The third-order valence-corrected chi connectivity index (χ3v) is 12.0. The van der Waals surface area contributed by atoms with Crippen LogP contribution in [-0.2, 0) is 0 Å². The monoisotopic (exact) mass is 719 g/mol. The van der Waals surface area contributed by atoms with Crippen LogP contribution < -0.4 is 4.90 Å². The van der Waals surface area contributed by atoms with Crippen LogP contribution in [0.5, 0.6) is 0 Å². The molecule has 0 aliphatic carbocycles. The van der Waals surface area contributed by atoms with E-state index in [4.69, 9.17) is 4.42 Å². The SMILES string of the molecule is c1ccc(-c2ccc3c(c2)sc2ccc(N(c4ccc(-c5ccccc5)c5ccccc45)c4ccc(-c5ccccc5)c5oc6ccccc6c45)cc23)cc1. The maximum atomic E-state index is 6.80. The molecule has 0 fully saturated rings. The van der Waals surface area contributed by atoms with Gasteiger partial charge in [-0.05, 0) is 81.7 Å². The number of anilines is 3. The van der Waals surface area contributed by atoms with E-state index in [1.807, 2.05) is 11.3 Å². The van der Waals surface area contributed by atoms with Crippen molar-refractivity contribution in [2.45, 2.75) is 0 Å². The molecule has 11 aromatic rings. The minimum Gasteiger partial charge on any atom is -0.455 e. The number of hydrogen-bond acceptors (Lipinski definition) is 3. The summed E-state index contributed by atoms with van der Waals surface area (Å²) in [5.41, 5.74) is 12.1. The van der Waals surface area contributed by atoms with Gasteiger partial charge in [-0.2, -0.15) is 0 Å². The van der Waals surface area contributed by atoms with Crippen molar-refractivity contribution in [3.05, 3.63) is 200 Å². The molecule has 258 valence electrons. The van der Waals surface area contributed by atoms with Gasteiger partial charge < -0.3 is 9.32 Å². The standard InChI is InChI=1S/C52H33NOS/c1-4-14-34(15-5-1)37-24-26-43-45-33-38(25-31-49(45)55-50(43)32-37)53(46-29-27-39(35-16-6-2-7-17-35)41-20-10-11-21-42(41)46)47-30-28-40(36-18-8-3-9-19-36)52-51(47)44-22-12-13-23-48(44)54-52/h1-33H. The predicted molar refractivity (Wildman–Crippen MR) is 235 cm³/mol. The Morgan fingerprint density at radius 3 is 1.75 bits per heavy atom. The Morgan fingerprint density at radius 1 is 0.364 bits per heavy atom. The van der Waals surface area contributed by atoms with Crippen molar-refractivity contribution in [2.75, 3.05) is 4.90 Å². The van der Waals surface area contributed by atoms with Crippen molar-refractivity contribution in [3.8, 4) is 33.4 Å². The van der Waals surface area contributed by atoms with E-state index in [0.29, 0.717) is 0 Å². The number of furan rings is 1. The van der Waals surface area contributed by atoms with Crippen LogP contribution in [0.25, 0.3) is 86.3 Å². The molecule has 3 heteroatoms. The van der Waals surface area contributed by atoms with E-state index in [0.717, 1.165) is 50.1 Å². The van der Waals surface area contributed by atoms with E-state index in [9.17, 15) is 0 Å². The molecule has 0 radical (unpaired) electrons. The summed E-state index contributed by atoms with van der Waals surface area (Å²) in [5.74, 6) is 0. The van der Waals surface area contributed by atoms with E-state index in [1.165, 1.54) is 53.2 Å². The highest BCUT2D eigenvalue weighted by Crippen LogP contribution is 2.49. The van der Waals surface area contributed by atoms with Crippen molar-refractivity contribution in [3.63, 3.8) is 0 Å². The van der Waals surface area contributed by atoms with Crippen molar-refractivity contribution >= 4 is 81.3 Å². The molecule has 0 bridgehead atoms. The highest BCUT2D eigenvalue weighted by molar-refractivity contribution is 7.25. The summed E-state index contributed by atoms with van der Waals surface area (Å²) in [7, 11) is 0. The molecule has 0 amide bonds. The number of rotatable bonds is 6. The smallest absolute Gasteiger partial charge is 0.145 e. The summed E-state index contributed by atoms with van der Waals surface area (Å²) < 4.78 is 9.36. The van der Waals surface area contributed by atoms with Gasteiger partial charge in [0.15, 0.2) is 0 Å². The molecule has 0 spiro atoms. The highest BCUT2D eigenvalue weighted by Gasteiger charge is 2.24. The average molecular weight is 720 g/mol. The zero-order chi connectivity index (χ0) is 36.3. The van der Waals surface area contributed by atoms with Crippen LogP contribution in [0.3, 0.4) is 0 Å². The molecule has 2 heterocycles. The fraction of sp³-hybridized carbons (Fsp3) is 0. The van der Waals surface area contributed by atoms with Crippen LogP contribution in [0.15, 0.2) is 205 Å². The molecule has 2 aromatic heterocycles. The lowest BCUT2D eigenvalue weighted by Gasteiger charge is -2.28. The van der Waals surface area contributed by atoms with Gasteiger partial charge in [0.1, 0.15) is 11.2 Å². The maximum absolute atomic E-state index is 6.80. The minimum absolute atomic E-state index is 0.875. The lowest BCUT2D eigenvalue weighted by molar-refractivity contribution is 0.670. The summed E-state index contributed by atoms with van der Waals surface area (Å²) >= 11 is 1.86. The molecule has 0 saturated heterocycles. The van der Waals surface area contributed by atoms with Crippen LogP contribution in [0.1, 0.15) is 0 Å². The number of nitrogens with zero attached hydrogens (tertiary/aromatic N) is 1. The van der Waals surface area contributed by atoms with Gasteiger partial charge in [0.2, 0.25) is 0 Å². The molecule has 2 nitrogen and oxygen atoms in total. The summed E-state index contributed by atoms with van der Waals surface area (Å²) in [5, 5.41) is 7.10. The highest BCUT2D eigenvalue weighted by atomic mass is 32.1. The van der Waals surface area contributed by atoms with E-state index in [1.54, 1.807) is 0 Å². The van der Waals surface area contributed by atoms with E-state index in [-0.39, 0.29) is 0 Å². The first kappa shape index (κ1) is 31.6. The fourth-order valence-corrected chi connectivity index (χ4v) is 9.44. The second kappa shape index (κ2) is 12.9. The van der Waals surface area contributed by atoms with Gasteiger partial charge in [0.05, 0.1) is 16.8 Å². The average Bonchev–Trinajstić information content (AvgIpc) is 3.83. The summed E-state index contributed by atoms with van der Waals surface area (Å²) in [4.78, 5) is 2.46. The normalized spacial score (nSPS) is 11.6. The van der Waals surface area contributed by atoms with Crippen LogP contribution >= 0.6 is 11.3 Å². The predicted octanol–water partition coefficient (Wildman–Crippen LogP) is 15.6. The molecule has 0 N–H and O–H groups in total. The topological polar surface area (TPSA) is 16.4 Å². The Hall–Kier alpha value is -6.94. The van der Waals surface area contributed by atoms with Gasteiger partial charge >= 0.3 is 0 Å². The van der Waals surface area contributed by atoms with Crippen LogP contribution in [0, 0.1) is 0 Å². The number of benzene rings is 9. The van der Waals surface area contributed by atoms with Crippen molar-refractivity contribution in [2.24, 2.45) is 0 Å². The first-order chi connectivity index (χ1) is 27.3. The maximum Gasteiger partial charge on any atom is 0.145 e.